The lowest BCUT2D eigenvalue weighted by atomic mass is 9.94. The molecule has 1 aliphatic rings. The molecule has 4 N–H and O–H groups in total. The topological polar surface area (TPSA) is 91.5 Å². The number of carbonyl (C=O) groups is 1. The number of aryl methyl sites for hydroxylation is 1. The Morgan fingerprint density at radius 1 is 1.48 bits per heavy atom. The van der Waals surface area contributed by atoms with Gasteiger partial charge in [-0.05, 0) is 44.4 Å². The Labute approximate surface area is 158 Å². The van der Waals surface area contributed by atoms with Crippen molar-refractivity contribution in [2.45, 2.75) is 45.4 Å². The highest BCUT2D eigenvalue weighted by Crippen LogP contribution is 2.32. The van der Waals surface area contributed by atoms with Gasteiger partial charge >= 0.3 is 0 Å². The lowest BCUT2D eigenvalue weighted by Crippen LogP contribution is -2.55. The minimum atomic E-state index is -0.961. The van der Waals surface area contributed by atoms with Crippen LogP contribution in [0.4, 0.5) is 10.1 Å². The summed E-state index contributed by atoms with van der Waals surface area (Å²) in [6.07, 6.45) is 1.56. The molecule has 2 unspecified atom stereocenters. The molecule has 1 fully saturated rings. The van der Waals surface area contributed by atoms with E-state index in [2.05, 4.69) is 22.1 Å². The van der Waals surface area contributed by atoms with Gasteiger partial charge in [0.05, 0.1) is 11.6 Å². The van der Waals surface area contributed by atoms with Gasteiger partial charge in [0, 0.05) is 42.0 Å². The summed E-state index contributed by atoms with van der Waals surface area (Å²) in [6, 6.07) is 4.26. The number of halogens is 1. The highest BCUT2D eigenvalue weighted by molar-refractivity contribution is 5.94. The van der Waals surface area contributed by atoms with Crippen LogP contribution < -0.4 is 16.0 Å². The molecule has 1 aromatic carbocycles. The van der Waals surface area contributed by atoms with Crippen molar-refractivity contribution >= 4 is 22.5 Å². The van der Waals surface area contributed by atoms with Crippen LogP contribution in [0.5, 0.6) is 0 Å². The van der Waals surface area contributed by atoms with Crippen LogP contribution >= 0.6 is 0 Å². The van der Waals surface area contributed by atoms with E-state index in [1.807, 2.05) is 12.1 Å². The van der Waals surface area contributed by atoms with E-state index in [0.717, 1.165) is 24.0 Å². The Morgan fingerprint density at radius 3 is 2.93 bits per heavy atom. The van der Waals surface area contributed by atoms with Gasteiger partial charge in [-0.3, -0.25) is 9.78 Å². The summed E-state index contributed by atoms with van der Waals surface area (Å²) in [6.45, 7) is 6.64. The van der Waals surface area contributed by atoms with Crippen LogP contribution in [0.2, 0.25) is 0 Å². The van der Waals surface area contributed by atoms with Gasteiger partial charge in [-0.25, -0.2) is 4.39 Å². The maximum Gasteiger partial charge on any atom is 0.239 e. The zero-order valence-electron chi connectivity index (χ0n) is 15.9. The summed E-state index contributed by atoms with van der Waals surface area (Å²) in [5.41, 5.74) is 7.71. The number of hydrogen-bond acceptors (Lipinski definition) is 5. The van der Waals surface area contributed by atoms with E-state index < -0.39 is 12.1 Å². The standard InChI is InChI=1S/C20H27FN4O2/c1-11-7-14(24-20(27)18(22)13(3)26)10-25(9-11)17-8-16(21)12(2)19-15(17)5-4-6-23-19/h4-6,8,11,13-14,18,26H,7,9-10,22H2,1-3H3,(H,24,27)/t11-,13?,14+,18?/m0/s1. The van der Waals surface area contributed by atoms with Crippen LogP contribution in [0.1, 0.15) is 25.8 Å². The molecule has 2 heterocycles. The summed E-state index contributed by atoms with van der Waals surface area (Å²) >= 11 is 0. The first kappa shape index (κ1) is 19.5. The molecule has 0 radical (unpaired) electrons. The van der Waals surface area contributed by atoms with Gasteiger partial charge in [-0.15, -0.1) is 0 Å². The molecule has 1 amide bonds. The largest absolute Gasteiger partial charge is 0.391 e. The van der Waals surface area contributed by atoms with Crippen LogP contribution in [-0.4, -0.2) is 47.3 Å². The Morgan fingerprint density at radius 2 is 2.22 bits per heavy atom. The van der Waals surface area contributed by atoms with Gasteiger partial charge in [-0.2, -0.15) is 0 Å². The third kappa shape index (κ3) is 4.04. The number of aliphatic hydroxyl groups is 1. The number of aromatic nitrogens is 1. The van der Waals surface area contributed by atoms with Crippen LogP contribution in [0.3, 0.4) is 0 Å². The van der Waals surface area contributed by atoms with E-state index >= 15 is 0 Å². The van der Waals surface area contributed by atoms with Gasteiger partial charge in [0.15, 0.2) is 0 Å². The number of nitrogens with zero attached hydrogens (tertiary/aromatic N) is 2. The van der Waals surface area contributed by atoms with Crippen LogP contribution in [-0.2, 0) is 4.79 Å². The lowest BCUT2D eigenvalue weighted by Gasteiger charge is -2.39. The summed E-state index contributed by atoms with van der Waals surface area (Å²) in [4.78, 5) is 18.7. The molecule has 0 aliphatic carbocycles. The number of amides is 1. The van der Waals surface area contributed by atoms with E-state index in [1.54, 1.807) is 19.2 Å². The number of aliphatic hydroxyl groups excluding tert-OH is 1. The highest BCUT2D eigenvalue weighted by atomic mass is 19.1. The Hall–Kier alpha value is -2.25. The number of nitrogens with one attached hydrogen (secondary N) is 1. The fourth-order valence-corrected chi connectivity index (χ4v) is 3.76. The second-order valence-electron chi connectivity index (χ2n) is 7.62. The van der Waals surface area contributed by atoms with E-state index in [0.29, 0.717) is 23.5 Å². The highest BCUT2D eigenvalue weighted by Gasteiger charge is 2.29. The second-order valence-corrected chi connectivity index (χ2v) is 7.62. The van der Waals surface area contributed by atoms with E-state index in [9.17, 15) is 14.3 Å². The monoisotopic (exact) mass is 374 g/mol. The first-order valence-electron chi connectivity index (χ1n) is 9.30. The molecule has 0 bridgehead atoms. The molecule has 0 saturated carbocycles. The predicted molar refractivity (Wildman–Crippen MR) is 104 cm³/mol. The number of fused-ring (bicyclic) bond motifs is 1. The van der Waals surface area contributed by atoms with Gasteiger partial charge < -0.3 is 21.1 Å². The average Bonchev–Trinajstić information content (AvgIpc) is 2.63. The molecule has 146 valence electrons. The number of rotatable bonds is 4. The number of benzene rings is 1. The number of anilines is 1. The van der Waals surface area contributed by atoms with Gasteiger partial charge in [-0.1, -0.05) is 6.92 Å². The van der Waals surface area contributed by atoms with E-state index in [4.69, 9.17) is 5.73 Å². The summed E-state index contributed by atoms with van der Waals surface area (Å²) in [5, 5.41) is 13.4. The van der Waals surface area contributed by atoms with Crippen molar-refractivity contribution in [2.24, 2.45) is 11.7 Å². The Kier molecular flexibility index (Phi) is 5.62. The van der Waals surface area contributed by atoms with E-state index in [-0.39, 0.29) is 17.8 Å². The normalized spacial score (nSPS) is 22.5. The number of nitrogens with two attached hydrogens (primary N) is 1. The maximum absolute atomic E-state index is 14.5. The SMILES string of the molecule is Cc1c(F)cc(N2C[C@@H](C)C[C@@H](NC(=O)C(N)C(C)O)C2)c2cccnc12. The lowest BCUT2D eigenvalue weighted by molar-refractivity contribution is -0.125. The van der Waals surface area contributed by atoms with Crippen molar-refractivity contribution in [1.82, 2.24) is 10.3 Å². The fraction of sp³-hybridized carbons (Fsp3) is 0.500. The zero-order valence-corrected chi connectivity index (χ0v) is 15.9. The van der Waals surface area contributed by atoms with Gasteiger partial charge in [0.2, 0.25) is 5.91 Å². The number of carbonyl (C=O) groups excluding carboxylic acids is 1. The van der Waals surface area contributed by atoms with Gasteiger partial charge in [0.1, 0.15) is 11.9 Å². The molecule has 3 rings (SSSR count). The maximum atomic E-state index is 14.5. The first-order chi connectivity index (χ1) is 12.8. The van der Waals surface area contributed by atoms with Crippen molar-refractivity contribution in [3.8, 4) is 0 Å². The molecule has 0 spiro atoms. The van der Waals surface area contributed by atoms with Crippen LogP contribution in [0.15, 0.2) is 24.4 Å². The molecule has 1 aliphatic heterocycles. The molecule has 1 aromatic heterocycles. The van der Waals surface area contributed by atoms with Crippen molar-refractivity contribution < 1.29 is 14.3 Å². The Bertz CT molecular complexity index is 842. The quantitative estimate of drug-likeness (QED) is 0.758. The van der Waals surface area contributed by atoms with Crippen LogP contribution in [0, 0.1) is 18.7 Å². The summed E-state index contributed by atoms with van der Waals surface area (Å²) in [7, 11) is 0. The zero-order chi connectivity index (χ0) is 19.7. The molecule has 2 aromatic rings. The molecule has 7 heteroatoms. The molecule has 27 heavy (non-hydrogen) atoms. The van der Waals surface area contributed by atoms with Crippen LogP contribution in [0.25, 0.3) is 10.9 Å². The molecule has 1 saturated heterocycles. The summed E-state index contributed by atoms with van der Waals surface area (Å²) < 4.78 is 14.5. The van der Waals surface area contributed by atoms with Crippen molar-refractivity contribution in [3.05, 3.63) is 35.8 Å². The predicted octanol–water partition coefficient (Wildman–Crippen LogP) is 1.72. The van der Waals surface area contributed by atoms with Crippen molar-refractivity contribution in [2.75, 3.05) is 18.0 Å². The average molecular weight is 374 g/mol. The summed E-state index contributed by atoms with van der Waals surface area (Å²) in [5.74, 6) is -0.347. The van der Waals surface area contributed by atoms with Crippen molar-refractivity contribution in [3.63, 3.8) is 0 Å². The molecular formula is C20H27FN4O2. The number of hydrogen-bond donors (Lipinski definition) is 3. The number of piperidine rings is 1. The smallest absolute Gasteiger partial charge is 0.239 e. The molecule has 4 atom stereocenters. The van der Waals surface area contributed by atoms with E-state index in [1.165, 1.54) is 6.92 Å². The first-order valence-corrected chi connectivity index (χ1v) is 9.30. The fourth-order valence-electron chi connectivity index (χ4n) is 3.76. The third-order valence-corrected chi connectivity index (χ3v) is 5.23. The second kappa shape index (κ2) is 7.78. The van der Waals surface area contributed by atoms with Gasteiger partial charge in [0.25, 0.3) is 0 Å². The Balaban J connectivity index is 1.88. The number of pyridine rings is 1. The minimum absolute atomic E-state index is 0.123. The third-order valence-electron chi connectivity index (χ3n) is 5.23. The molecular weight excluding hydrogens is 347 g/mol. The molecule has 6 nitrogen and oxygen atoms in total. The van der Waals surface area contributed by atoms with Crippen molar-refractivity contribution in [1.29, 1.82) is 0 Å². The minimum Gasteiger partial charge on any atom is -0.391 e.